The molecule has 0 fully saturated rings. The van der Waals surface area contributed by atoms with Crippen LogP contribution in [-0.2, 0) is 11.3 Å². The van der Waals surface area contributed by atoms with E-state index in [1.54, 1.807) is 0 Å². The average Bonchev–Trinajstić information content (AvgIpc) is 2.53. The summed E-state index contributed by atoms with van der Waals surface area (Å²) >= 11 is 7.03. The Bertz CT molecular complexity index is 545. The number of amides is 1. The molecule has 2 nitrogen and oxygen atoms in total. The lowest BCUT2D eigenvalue weighted by atomic mass is 10.1. The number of halogens is 2. The number of carbonyl (C=O) groups is 1. The molecule has 1 amide bonds. The normalized spacial score (nSPS) is 13.5. The van der Waals surface area contributed by atoms with E-state index in [1.807, 2.05) is 60.7 Å². The smallest absolute Gasteiger partial charge is 0.235 e. The summed E-state index contributed by atoms with van der Waals surface area (Å²) in [5.74, 6) is -0.0282. The first-order chi connectivity index (χ1) is 9.68. The third-order valence-electron chi connectivity index (χ3n) is 2.93. The number of hydrogen-bond donors (Lipinski definition) is 1. The van der Waals surface area contributed by atoms with Crippen molar-refractivity contribution in [2.45, 2.75) is 16.2 Å². The maximum atomic E-state index is 12.1. The molecular formula is C16H15Br2NO. The summed E-state index contributed by atoms with van der Waals surface area (Å²) in [5, 5.41) is 2.93. The van der Waals surface area contributed by atoms with Crippen molar-refractivity contribution in [3.8, 4) is 0 Å². The molecule has 0 heterocycles. The molecule has 4 heteroatoms. The maximum absolute atomic E-state index is 12.1. The second kappa shape index (κ2) is 7.60. The van der Waals surface area contributed by atoms with Gasteiger partial charge in [0.2, 0.25) is 5.91 Å². The zero-order chi connectivity index (χ0) is 14.4. The molecule has 0 aliphatic heterocycles. The van der Waals surface area contributed by atoms with E-state index in [0.717, 1.165) is 11.1 Å². The minimum absolute atomic E-state index is 0.0282. The van der Waals surface area contributed by atoms with Crippen molar-refractivity contribution < 1.29 is 4.79 Å². The van der Waals surface area contributed by atoms with Gasteiger partial charge in [-0.05, 0) is 11.1 Å². The van der Waals surface area contributed by atoms with Crippen molar-refractivity contribution >= 4 is 37.8 Å². The van der Waals surface area contributed by atoms with E-state index in [0.29, 0.717) is 6.54 Å². The van der Waals surface area contributed by atoms with Crippen LogP contribution >= 0.6 is 31.9 Å². The highest BCUT2D eigenvalue weighted by Crippen LogP contribution is 2.31. The maximum Gasteiger partial charge on any atom is 0.235 e. The monoisotopic (exact) mass is 395 g/mol. The van der Waals surface area contributed by atoms with Crippen LogP contribution in [0.4, 0.5) is 0 Å². The van der Waals surface area contributed by atoms with Gasteiger partial charge in [-0.1, -0.05) is 92.5 Å². The Labute approximate surface area is 135 Å². The number of carbonyl (C=O) groups excluding carboxylic acids is 1. The van der Waals surface area contributed by atoms with Gasteiger partial charge in [0, 0.05) is 6.54 Å². The van der Waals surface area contributed by atoms with Crippen LogP contribution in [0.2, 0.25) is 0 Å². The Hall–Kier alpha value is -1.13. The lowest BCUT2D eigenvalue weighted by Gasteiger charge is -2.17. The minimum Gasteiger partial charge on any atom is -0.351 e. The SMILES string of the molecule is O=C(NCc1ccccc1)C(Br)C(Br)c1ccccc1. The van der Waals surface area contributed by atoms with Gasteiger partial charge < -0.3 is 5.32 Å². The Kier molecular flexibility index (Phi) is 5.80. The molecule has 2 aromatic carbocycles. The summed E-state index contributed by atoms with van der Waals surface area (Å²) in [7, 11) is 0. The Morgan fingerprint density at radius 1 is 0.950 bits per heavy atom. The highest BCUT2D eigenvalue weighted by Gasteiger charge is 2.24. The number of hydrogen-bond acceptors (Lipinski definition) is 1. The predicted octanol–water partition coefficient (Wildman–Crippen LogP) is 4.20. The summed E-state index contributed by atoms with van der Waals surface area (Å²) in [6, 6.07) is 19.8. The Morgan fingerprint density at radius 3 is 2.10 bits per heavy atom. The molecule has 2 rings (SSSR count). The molecule has 0 spiro atoms. The molecule has 0 aliphatic rings. The number of benzene rings is 2. The van der Waals surface area contributed by atoms with Gasteiger partial charge in [0.25, 0.3) is 0 Å². The van der Waals surface area contributed by atoms with Crippen molar-refractivity contribution in [1.82, 2.24) is 5.32 Å². The number of nitrogens with one attached hydrogen (secondary N) is 1. The quantitative estimate of drug-likeness (QED) is 0.753. The topological polar surface area (TPSA) is 29.1 Å². The molecule has 2 unspecified atom stereocenters. The molecule has 2 aromatic rings. The van der Waals surface area contributed by atoms with E-state index in [4.69, 9.17) is 0 Å². The molecule has 0 aliphatic carbocycles. The van der Waals surface area contributed by atoms with Crippen LogP contribution in [0.25, 0.3) is 0 Å². The lowest BCUT2D eigenvalue weighted by Crippen LogP contribution is -2.32. The van der Waals surface area contributed by atoms with Gasteiger partial charge in [0.15, 0.2) is 0 Å². The fraction of sp³-hybridized carbons (Fsp3) is 0.188. The van der Waals surface area contributed by atoms with E-state index in [2.05, 4.69) is 37.2 Å². The van der Waals surface area contributed by atoms with Crippen LogP contribution in [0, 0.1) is 0 Å². The van der Waals surface area contributed by atoms with Crippen molar-refractivity contribution in [3.63, 3.8) is 0 Å². The number of rotatable bonds is 5. The molecule has 0 bridgehead atoms. The van der Waals surface area contributed by atoms with Crippen molar-refractivity contribution in [2.75, 3.05) is 0 Å². The minimum atomic E-state index is -0.311. The van der Waals surface area contributed by atoms with Crippen LogP contribution in [0.5, 0.6) is 0 Å². The van der Waals surface area contributed by atoms with Crippen LogP contribution in [-0.4, -0.2) is 10.7 Å². The van der Waals surface area contributed by atoms with Gasteiger partial charge in [0.1, 0.15) is 4.83 Å². The molecule has 20 heavy (non-hydrogen) atoms. The highest BCUT2D eigenvalue weighted by atomic mass is 79.9. The molecule has 2 atom stereocenters. The largest absolute Gasteiger partial charge is 0.351 e. The Balaban J connectivity index is 1.92. The molecule has 0 saturated heterocycles. The van der Waals surface area contributed by atoms with Gasteiger partial charge in [-0.25, -0.2) is 0 Å². The predicted molar refractivity (Wildman–Crippen MR) is 89.1 cm³/mol. The van der Waals surface area contributed by atoms with E-state index < -0.39 is 0 Å². The number of alkyl halides is 2. The van der Waals surface area contributed by atoms with E-state index in [9.17, 15) is 4.79 Å². The van der Waals surface area contributed by atoms with E-state index in [1.165, 1.54) is 0 Å². The van der Waals surface area contributed by atoms with Crippen molar-refractivity contribution in [3.05, 3.63) is 71.8 Å². The molecular weight excluding hydrogens is 382 g/mol. The van der Waals surface area contributed by atoms with Gasteiger partial charge in [-0.15, -0.1) is 0 Å². The molecule has 0 aromatic heterocycles. The highest BCUT2D eigenvalue weighted by molar-refractivity contribution is 9.12. The van der Waals surface area contributed by atoms with Gasteiger partial charge >= 0.3 is 0 Å². The van der Waals surface area contributed by atoms with Crippen LogP contribution in [0.1, 0.15) is 16.0 Å². The molecule has 1 N–H and O–H groups in total. The second-order valence-corrected chi connectivity index (χ2v) is 6.39. The van der Waals surface area contributed by atoms with Gasteiger partial charge in [0.05, 0.1) is 4.83 Å². The van der Waals surface area contributed by atoms with E-state index >= 15 is 0 Å². The van der Waals surface area contributed by atoms with Crippen LogP contribution in [0.3, 0.4) is 0 Å². The summed E-state index contributed by atoms with van der Waals surface area (Å²) in [4.78, 5) is 11.8. The average molecular weight is 397 g/mol. The third kappa shape index (κ3) is 4.18. The van der Waals surface area contributed by atoms with Gasteiger partial charge in [-0.3, -0.25) is 4.79 Å². The summed E-state index contributed by atoms with van der Waals surface area (Å²) < 4.78 is 0. The summed E-state index contributed by atoms with van der Waals surface area (Å²) in [6.45, 7) is 0.538. The van der Waals surface area contributed by atoms with Crippen molar-refractivity contribution in [2.24, 2.45) is 0 Å². The molecule has 0 saturated carbocycles. The first kappa shape index (κ1) is 15.3. The summed E-state index contributed by atoms with van der Waals surface area (Å²) in [5.41, 5.74) is 2.16. The fourth-order valence-electron chi connectivity index (χ4n) is 1.82. The van der Waals surface area contributed by atoms with Crippen LogP contribution < -0.4 is 5.32 Å². The van der Waals surface area contributed by atoms with Crippen molar-refractivity contribution in [1.29, 1.82) is 0 Å². The molecule has 104 valence electrons. The van der Waals surface area contributed by atoms with Crippen LogP contribution in [0.15, 0.2) is 60.7 Å². The zero-order valence-electron chi connectivity index (χ0n) is 10.8. The second-order valence-electron chi connectivity index (χ2n) is 4.42. The third-order valence-corrected chi connectivity index (χ3v) is 5.65. The molecule has 0 radical (unpaired) electrons. The fourth-order valence-corrected chi connectivity index (χ4v) is 2.83. The Morgan fingerprint density at radius 2 is 1.50 bits per heavy atom. The zero-order valence-corrected chi connectivity index (χ0v) is 14.0. The lowest BCUT2D eigenvalue weighted by molar-refractivity contribution is -0.120. The standard InChI is InChI=1S/C16H15Br2NO/c17-14(13-9-5-2-6-10-13)15(18)16(20)19-11-12-7-3-1-4-8-12/h1-10,14-15H,11H2,(H,19,20). The van der Waals surface area contributed by atoms with Gasteiger partial charge in [-0.2, -0.15) is 0 Å². The first-order valence-electron chi connectivity index (χ1n) is 6.33. The summed E-state index contributed by atoms with van der Waals surface area (Å²) in [6.07, 6.45) is 0. The first-order valence-corrected chi connectivity index (χ1v) is 8.16. The van der Waals surface area contributed by atoms with E-state index in [-0.39, 0.29) is 15.6 Å².